The summed E-state index contributed by atoms with van der Waals surface area (Å²) in [7, 11) is 0. The topological polar surface area (TPSA) is 64.4 Å². The van der Waals surface area contributed by atoms with E-state index in [0.29, 0.717) is 18.7 Å². The first kappa shape index (κ1) is 15.0. The molecule has 0 fully saturated rings. The lowest BCUT2D eigenvalue weighted by Crippen LogP contribution is -2.25. The van der Waals surface area contributed by atoms with Crippen LogP contribution in [0.25, 0.3) is 0 Å². The van der Waals surface area contributed by atoms with Gasteiger partial charge in [-0.25, -0.2) is 0 Å². The number of benzene rings is 1. The SMILES string of the molecule is Cc1cc(C(=O)NCCc2ccc(OC(F)F)cc2)no1. The zero-order valence-corrected chi connectivity index (χ0v) is 11.3. The average molecular weight is 296 g/mol. The summed E-state index contributed by atoms with van der Waals surface area (Å²) in [5.41, 5.74) is 1.13. The number of aromatic nitrogens is 1. The summed E-state index contributed by atoms with van der Waals surface area (Å²) in [6.45, 7) is -0.729. The highest BCUT2D eigenvalue weighted by Gasteiger charge is 2.10. The maximum Gasteiger partial charge on any atom is 0.387 e. The predicted molar refractivity (Wildman–Crippen MR) is 70.4 cm³/mol. The predicted octanol–water partition coefficient (Wildman–Crippen LogP) is 2.56. The van der Waals surface area contributed by atoms with Crippen molar-refractivity contribution in [2.45, 2.75) is 20.0 Å². The maximum atomic E-state index is 12.0. The Morgan fingerprint density at radius 3 is 2.67 bits per heavy atom. The minimum atomic E-state index is -2.83. The summed E-state index contributed by atoms with van der Waals surface area (Å²) < 4.78 is 33.0. The minimum absolute atomic E-state index is 0.107. The van der Waals surface area contributed by atoms with Crippen molar-refractivity contribution in [2.24, 2.45) is 0 Å². The van der Waals surface area contributed by atoms with Gasteiger partial charge in [-0.05, 0) is 31.0 Å². The van der Waals surface area contributed by atoms with Gasteiger partial charge in [0.15, 0.2) is 5.69 Å². The average Bonchev–Trinajstić information content (AvgIpc) is 2.87. The van der Waals surface area contributed by atoms with Gasteiger partial charge in [-0.15, -0.1) is 0 Å². The van der Waals surface area contributed by atoms with Crippen LogP contribution in [0.4, 0.5) is 8.78 Å². The van der Waals surface area contributed by atoms with Crippen molar-refractivity contribution in [3.05, 3.63) is 47.3 Å². The summed E-state index contributed by atoms with van der Waals surface area (Å²) in [5.74, 6) is 0.357. The van der Waals surface area contributed by atoms with Crippen molar-refractivity contribution in [3.63, 3.8) is 0 Å². The van der Waals surface area contributed by atoms with E-state index in [9.17, 15) is 13.6 Å². The van der Waals surface area contributed by atoms with Crippen LogP contribution in [-0.4, -0.2) is 24.2 Å². The van der Waals surface area contributed by atoms with E-state index in [1.54, 1.807) is 25.1 Å². The molecule has 5 nitrogen and oxygen atoms in total. The number of alkyl halides is 2. The fourth-order valence-electron chi connectivity index (χ4n) is 1.72. The summed E-state index contributed by atoms with van der Waals surface area (Å²) >= 11 is 0. The molecule has 1 N–H and O–H groups in total. The molecule has 0 bridgehead atoms. The molecule has 0 spiro atoms. The second-order valence-corrected chi connectivity index (χ2v) is 4.35. The molecular formula is C14H14F2N2O3. The van der Waals surface area contributed by atoms with Crippen LogP contribution in [0.3, 0.4) is 0 Å². The molecule has 1 aromatic carbocycles. The second kappa shape index (κ2) is 6.83. The Morgan fingerprint density at radius 2 is 2.10 bits per heavy atom. The molecule has 2 aromatic rings. The van der Waals surface area contributed by atoms with E-state index in [4.69, 9.17) is 4.52 Å². The van der Waals surface area contributed by atoms with Gasteiger partial charge in [0.25, 0.3) is 5.91 Å². The first-order chi connectivity index (χ1) is 10.0. The van der Waals surface area contributed by atoms with Crippen LogP contribution in [0.1, 0.15) is 21.8 Å². The third kappa shape index (κ3) is 4.55. The van der Waals surface area contributed by atoms with E-state index >= 15 is 0 Å². The maximum absolute atomic E-state index is 12.0. The molecule has 0 aliphatic rings. The molecule has 0 atom stereocenters. The lowest BCUT2D eigenvalue weighted by atomic mass is 10.1. The van der Waals surface area contributed by atoms with Crippen LogP contribution in [0.5, 0.6) is 5.75 Å². The monoisotopic (exact) mass is 296 g/mol. The van der Waals surface area contributed by atoms with Gasteiger partial charge in [0, 0.05) is 12.6 Å². The quantitative estimate of drug-likeness (QED) is 0.889. The Kier molecular flexibility index (Phi) is 4.86. The Hall–Kier alpha value is -2.44. The van der Waals surface area contributed by atoms with Crippen molar-refractivity contribution in [3.8, 4) is 5.75 Å². The van der Waals surface area contributed by atoms with Gasteiger partial charge >= 0.3 is 6.61 Å². The molecule has 1 aromatic heterocycles. The smallest absolute Gasteiger partial charge is 0.387 e. The molecule has 0 unspecified atom stereocenters. The van der Waals surface area contributed by atoms with Crippen LogP contribution in [0.2, 0.25) is 0 Å². The molecule has 1 amide bonds. The third-order valence-corrected chi connectivity index (χ3v) is 2.71. The van der Waals surface area contributed by atoms with Crippen molar-refractivity contribution in [2.75, 3.05) is 6.54 Å². The van der Waals surface area contributed by atoms with Crippen LogP contribution < -0.4 is 10.1 Å². The zero-order chi connectivity index (χ0) is 15.2. The van der Waals surface area contributed by atoms with Crippen molar-refractivity contribution < 1.29 is 22.8 Å². The molecule has 0 aliphatic heterocycles. The molecule has 0 saturated heterocycles. The van der Waals surface area contributed by atoms with E-state index in [2.05, 4.69) is 15.2 Å². The van der Waals surface area contributed by atoms with E-state index in [1.165, 1.54) is 12.1 Å². The molecule has 2 rings (SSSR count). The highest BCUT2D eigenvalue weighted by Crippen LogP contribution is 2.15. The zero-order valence-electron chi connectivity index (χ0n) is 11.3. The van der Waals surface area contributed by atoms with Crippen LogP contribution in [-0.2, 0) is 6.42 Å². The molecule has 0 saturated carbocycles. The fraction of sp³-hybridized carbons (Fsp3) is 0.286. The van der Waals surface area contributed by atoms with E-state index in [1.807, 2.05) is 0 Å². The van der Waals surface area contributed by atoms with Gasteiger partial charge in [0.05, 0.1) is 0 Å². The number of nitrogens with one attached hydrogen (secondary N) is 1. The first-order valence-corrected chi connectivity index (χ1v) is 6.30. The highest BCUT2D eigenvalue weighted by atomic mass is 19.3. The molecular weight excluding hydrogens is 282 g/mol. The summed E-state index contributed by atoms with van der Waals surface area (Å²) in [5, 5.41) is 6.30. The van der Waals surface area contributed by atoms with Gasteiger partial charge in [0.1, 0.15) is 11.5 Å². The Morgan fingerprint density at radius 1 is 1.38 bits per heavy atom. The van der Waals surface area contributed by atoms with Crippen LogP contribution >= 0.6 is 0 Å². The normalized spacial score (nSPS) is 10.7. The van der Waals surface area contributed by atoms with Gasteiger partial charge in [-0.2, -0.15) is 8.78 Å². The van der Waals surface area contributed by atoms with Gasteiger partial charge in [-0.1, -0.05) is 17.3 Å². The lowest BCUT2D eigenvalue weighted by Gasteiger charge is -2.06. The third-order valence-electron chi connectivity index (χ3n) is 2.71. The number of hydrogen-bond donors (Lipinski definition) is 1. The molecule has 21 heavy (non-hydrogen) atoms. The number of nitrogens with zero attached hydrogens (tertiary/aromatic N) is 1. The van der Waals surface area contributed by atoms with E-state index < -0.39 is 6.61 Å². The first-order valence-electron chi connectivity index (χ1n) is 6.30. The lowest BCUT2D eigenvalue weighted by molar-refractivity contribution is -0.0498. The summed E-state index contributed by atoms with van der Waals surface area (Å²) in [6, 6.07) is 7.81. The largest absolute Gasteiger partial charge is 0.435 e. The molecule has 0 aliphatic carbocycles. The number of hydrogen-bond acceptors (Lipinski definition) is 4. The number of carbonyl (C=O) groups is 1. The molecule has 1 heterocycles. The molecule has 112 valence electrons. The molecule has 0 radical (unpaired) electrons. The number of carbonyl (C=O) groups excluding carboxylic acids is 1. The number of aryl methyl sites for hydroxylation is 1. The van der Waals surface area contributed by atoms with Crippen molar-refractivity contribution in [1.29, 1.82) is 0 Å². The van der Waals surface area contributed by atoms with E-state index in [0.717, 1.165) is 5.56 Å². The number of halogens is 2. The van der Waals surface area contributed by atoms with Gasteiger partial charge < -0.3 is 14.6 Å². The Bertz CT molecular complexity index is 597. The van der Waals surface area contributed by atoms with Crippen LogP contribution in [0, 0.1) is 6.92 Å². The minimum Gasteiger partial charge on any atom is -0.435 e. The van der Waals surface area contributed by atoms with Crippen LogP contribution in [0.15, 0.2) is 34.9 Å². The number of rotatable bonds is 6. The van der Waals surface area contributed by atoms with Crippen molar-refractivity contribution >= 4 is 5.91 Å². The molecule has 7 heteroatoms. The van der Waals surface area contributed by atoms with Gasteiger partial charge in [-0.3, -0.25) is 4.79 Å². The summed E-state index contributed by atoms with van der Waals surface area (Å²) in [6.07, 6.45) is 0.567. The van der Waals surface area contributed by atoms with E-state index in [-0.39, 0.29) is 17.4 Å². The van der Waals surface area contributed by atoms with Crippen molar-refractivity contribution in [1.82, 2.24) is 10.5 Å². The Labute approximate surface area is 119 Å². The standard InChI is InChI=1S/C14H14F2N2O3/c1-9-8-12(18-21-9)13(19)17-7-6-10-2-4-11(5-3-10)20-14(15)16/h2-5,8,14H,6-7H2,1H3,(H,17,19). The van der Waals surface area contributed by atoms with Gasteiger partial charge in [0.2, 0.25) is 0 Å². The second-order valence-electron chi connectivity index (χ2n) is 4.35. The fourth-order valence-corrected chi connectivity index (χ4v) is 1.72. The highest BCUT2D eigenvalue weighted by molar-refractivity contribution is 5.92. The number of ether oxygens (including phenoxy) is 1. The summed E-state index contributed by atoms with van der Waals surface area (Å²) in [4.78, 5) is 11.7. The Balaban J connectivity index is 1.79. The number of amides is 1.